The second-order valence-corrected chi connectivity index (χ2v) is 7.03. The molecule has 1 aromatic rings. The normalized spacial score (nSPS) is 18.3. The molecule has 1 heterocycles. The maximum absolute atomic E-state index is 12.0. The van der Waals surface area contributed by atoms with Gasteiger partial charge in [0.2, 0.25) is 0 Å². The summed E-state index contributed by atoms with van der Waals surface area (Å²) in [4.78, 5) is 13.7. The first kappa shape index (κ1) is 18.8. The van der Waals surface area contributed by atoms with Crippen LogP contribution in [0.3, 0.4) is 0 Å². The number of phenols is 1. The monoisotopic (exact) mass is 365 g/mol. The Morgan fingerprint density at radius 1 is 1.43 bits per heavy atom. The quantitative estimate of drug-likeness (QED) is 0.777. The summed E-state index contributed by atoms with van der Waals surface area (Å²) >= 11 is 3.33. The minimum atomic E-state index is -0.477. The second kappa shape index (κ2) is 7.36. The van der Waals surface area contributed by atoms with Crippen LogP contribution in [0.25, 0.3) is 0 Å². The van der Waals surface area contributed by atoms with Gasteiger partial charge < -0.3 is 14.7 Å². The van der Waals surface area contributed by atoms with E-state index in [0.29, 0.717) is 13.1 Å². The van der Waals surface area contributed by atoms with Gasteiger partial charge in [-0.15, -0.1) is 0 Å². The average Bonchev–Trinajstić information content (AvgIpc) is 2.75. The van der Waals surface area contributed by atoms with E-state index in [4.69, 9.17) is 4.74 Å². The summed E-state index contributed by atoms with van der Waals surface area (Å²) < 4.78 is 6.22. The fourth-order valence-electron chi connectivity index (χ4n) is 2.37. The topological polar surface area (TPSA) is 49.8 Å². The van der Waals surface area contributed by atoms with Crippen molar-refractivity contribution in [1.29, 1.82) is 0 Å². The molecule has 0 aromatic heterocycles. The average molecular weight is 366 g/mol. The standard InChI is InChI=1S/C15H20BrNO3.Na.H/c1-15(2,3)20-14(19)17-7-6-10(9-17)12-5-4-11(16)8-13(12)18;;/h4-5,8,10,18H,6-7,9H2,1-3H3;;/t10-;;/m1../s1. The zero-order chi connectivity index (χ0) is 14.9. The number of hydrogen-bond acceptors (Lipinski definition) is 3. The van der Waals surface area contributed by atoms with Gasteiger partial charge in [-0.25, -0.2) is 4.79 Å². The third kappa shape index (κ3) is 5.16. The molecule has 0 unspecified atom stereocenters. The van der Waals surface area contributed by atoms with Gasteiger partial charge in [-0.1, -0.05) is 22.0 Å². The van der Waals surface area contributed by atoms with Gasteiger partial charge in [-0.05, 0) is 44.9 Å². The van der Waals surface area contributed by atoms with E-state index < -0.39 is 5.60 Å². The fraction of sp³-hybridized carbons (Fsp3) is 0.533. The molecular formula is C15H21BrNNaO3. The zero-order valence-corrected chi connectivity index (χ0v) is 13.6. The first-order chi connectivity index (χ1) is 9.26. The molecule has 21 heavy (non-hydrogen) atoms. The van der Waals surface area contributed by atoms with E-state index in [9.17, 15) is 9.90 Å². The van der Waals surface area contributed by atoms with Crippen LogP contribution in [0.5, 0.6) is 5.75 Å². The van der Waals surface area contributed by atoms with Gasteiger partial charge in [-0.3, -0.25) is 0 Å². The molecule has 1 saturated heterocycles. The Bertz CT molecular complexity index is 516. The molecule has 1 fully saturated rings. The molecule has 1 aliphatic heterocycles. The minimum absolute atomic E-state index is 0. The van der Waals surface area contributed by atoms with Gasteiger partial charge in [0.15, 0.2) is 0 Å². The fourth-order valence-corrected chi connectivity index (χ4v) is 2.72. The summed E-state index contributed by atoms with van der Waals surface area (Å²) in [6.45, 7) is 6.83. The van der Waals surface area contributed by atoms with Crippen LogP contribution >= 0.6 is 15.9 Å². The van der Waals surface area contributed by atoms with Gasteiger partial charge in [-0.2, -0.15) is 0 Å². The second-order valence-electron chi connectivity index (χ2n) is 6.12. The van der Waals surface area contributed by atoms with Crippen LogP contribution < -0.4 is 0 Å². The number of amides is 1. The Kier molecular flexibility index (Phi) is 6.59. The number of aromatic hydroxyl groups is 1. The van der Waals surface area contributed by atoms with Crippen molar-refractivity contribution in [2.24, 2.45) is 0 Å². The van der Waals surface area contributed by atoms with Crippen LogP contribution in [0.15, 0.2) is 22.7 Å². The van der Waals surface area contributed by atoms with Gasteiger partial charge in [0.25, 0.3) is 0 Å². The molecule has 1 atom stereocenters. The molecule has 0 aliphatic carbocycles. The van der Waals surface area contributed by atoms with Gasteiger partial charge in [0.05, 0.1) is 0 Å². The number of benzene rings is 1. The van der Waals surface area contributed by atoms with Crippen molar-refractivity contribution >= 4 is 51.6 Å². The van der Waals surface area contributed by atoms with Crippen LogP contribution in [0.4, 0.5) is 4.79 Å². The first-order valence-electron chi connectivity index (χ1n) is 6.72. The third-order valence-electron chi connectivity index (χ3n) is 3.27. The van der Waals surface area contributed by atoms with E-state index in [1.165, 1.54) is 0 Å². The Balaban J connectivity index is 0.00000220. The van der Waals surface area contributed by atoms with Crippen molar-refractivity contribution in [2.45, 2.75) is 38.7 Å². The van der Waals surface area contributed by atoms with Crippen LogP contribution in [0, 0.1) is 0 Å². The van der Waals surface area contributed by atoms with Crippen LogP contribution in [-0.2, 0) is 4.74 Å². The van der Waals surface area contributed by atoms with Crippen molar-refractivity contribution in [3.63, 3.8) is 0 Å². The van der Waals surface area contributed by atoms with E-state index in [0.717, 1.165) is 16.5 Å². The molecule has 1 amide bonds. The number of ether oxygens (including phenoxy) is 1. The zero-order valence-electron chi connectivity index (χ0n) is 12.0. The molecule has 0 radical (unpaired) electrons. The van der Waals surface area contributed by atoms with Gasteiger partial charge in [0, 0.05) is 23.5 Å². The van der Waals surface area contributed by atoms with Crippen molar-refractivity contribution < 1.29 is 14.6 Å². The summed E-state index contributed by atoms with van der Waals surface area (Å²) in [6, 6.07) is 5.50. The number of nitrogens with zero attached hydrogens (tertiary/aromatic N) is 1. The molecule has 0 saturated carbocycles. The van der Waals surface area contributed by atoms with Crippen molar-refractivity contribution in [3.05, 3.63) is 28.2 Å². The third-order valence-corrected chi connectivity index (χ3v) is 3.77. The molecule has 0 bridgehead atoms. The van der Waals surface area contributed by atoms with Crippen molar-refractivity contribution in [2.75, 3.05) is 13.1 Å². The predicted molar refractivity (Wildman–Crippen MR) is 88.1 cm³/mol. The number of carbonyl (C=O) groups is 1. The number of carbonyl (C=O) groups excluding carboxylic acids is 1. The molecule has 1 N–H and O–H groups in total. The van der Waals surface area contributed by atoms with Crippen LogP contribution in [-0.4, -0.2) is 64.3 Å². The predicted octanol–water partition coefficient (Wildman–Crippen LogP) is 3.23. The first-order valence-corrected chi connectivity index (χ1v) is 7.52. The van der Waals surface area contributed by atoms with Crippen molar-refractivity contribution in [3.8, 4) is 5.75 Å². The molecule has 4 nitrogen and oxygen atoms in total. The summed E-state index contributed by atoms with van der Waals surface area (Å²) in [5, 5.41) is 10.00. The number of likely N-dealkylation sites (tertiary alicyclic amines) is 1. The number of halogens is 1. The summed E-state index contributed by atoms with van der Waals surface area (Å²) in [7, 11) is 0. The Hall–Kier alpha value is -0.230. The Morgan fingerprint density at radius 3 is 2.67 bits per heavy atom. The molecule has 2 rings (SSSR count). The summed E-state index contributed by atoms with van der Waals surface area (Å²) in [5.74, 6) is 0.436. The Morgan fingerprint density at radius 2 is 2.10 bits per heavy atom. The van der Waals surface area contributed by atoms with E-state index in [-0.39, 0.29) is 47.3 Å². The molecule has 1 aromatic carbocycles. The molecule has 0 spiro atoms. The Labute approximate surface area is 156 Å². The van der Waals surface area contributed by atoms with Gasteiger partial charge >= 0.3 is 35.7 Å². The van der Waals surface area contributed by atoms with E-state index in [1.807, 2.05) is 32.9 Å². The summed E-state index contributed by atoms with van der Waals surface area (Å²) in [5.41, 5.74) is 0.411. The number of hydrogen-bond donors (Lipinski definition) is 1. The SMILES string of the molecule is CC(C)(C)OC(=O)N1CC[C@@H](c2ccc(Br)cc2O)C1.[NaH]. The number of rotatable bonds is 1. The van der Waals surface area contributed by atoms with E-state index in [2.05, 4.69) is 15.9 Å². The number of phenolic OH excluding ortho intramolecular Hbond substituents is 1. The van der Waals surface area contributed by atoms with Gasteiger partial charge in [0.1, 0.15) is 11.4 Å². The molecule has 1 aliphatic rings. The molecule has 112 valence electrons. The van der Waals surface area contributed by atoms with E-state index in [1.54, 1.807) is 11.0 Å². The van der Waals surface area contributed by atoms with E-state index >= 15 is 0 Å². The summed E-state index contributed by atoms with van der Waals surface area (Å²) in [6.07, 6.45) is 0.561. The molecule has 6 heteroatoms. The van der Waals surface area contributed by atoms with Crippen LogP contribution in [0.1, 0.15) is 38.7 Å². The van der Waals surface area contributed by atoms with Crippen molar-refractivity contribution in [1.82, 2.24) is 4.90 Å². The molecular weight excluding hydrogens is 345 g/mol. The van der Waals surface area contributed by atoms with Crippen LogP contribution in [0.2, 0.25) is 0 Å². The maximum atomic E-state index is 12.0.